The van der Waals surface area contributed by atoms with Crippen LogP contribution in [-0.2, 0) is 4.74 Å². The highest BCUT2D eigenvalue weighted by molar-refractivity contribution is 4.71. The van der Waals surface area contributed by atoms with Gasteiger partial charge in [0.2, 0.25) is 0 Å². The van der Waals surface area contributed by atoms with E-state index in [1.165, 1.54) is 38.5 Å². The molecule has 0 spiro atoms. The zero-order valence-electron chi connectivity index (χ0n) is 8.80. The van der Waals surface area contributed by atoms with Crippen molar-refractivity contribution in [2.75, 3.05) is 13.2 Å². The van der Waals surface area contributed by atoms with Gasteiger partial charge >= 0.3 is 0 Å². The van der Waals surface area contributed by atoms with Gasteiger partial charge in [-0.25, -0.2) is 0 Å². The summed E-state index contributed by atoms with van der Waals surface area (Å²) in [6, 6.07) is 0.267. The third kappa shape index (κ3) is 4.63. The summed E-state index contributed by atoms with van der Waals surface area (Å²) < 4.78 is 5.31. The zero-order chi connectivity index (χ0) is 9.52. The molecule has 13 heavy (non-hydrogen) atoms. The Bertz CT molecular complexity index is 121. The highest BCUT2D eigenvalue weighted by atomic mass is 16.5. The molecule has 1 saturated carbocycles. The van der Waals surface area contributed by atoms with Gasteiger partial charge in [-0.15, -0.1) is 0 Å². The molecule has 0 aliphatic heterocycles. The van der Waals surface area contributed by atoms with Crippen molar-refractivity contribution in [1.29, 1.82) is 0 Å². The van der Waals surface area contributed by atoms with Gasteiger partial charge in [0.15, 0.2) is 0 Å². The largest absolute Gasteiger partial charge is 0.380 e. The van der Waals surface area contributed by atoms with Crippen molar-refractivity contribution in [2.45, 2.75) is 51.5 Å². The number of hydrogen-bond donors (Lipinski definition) is 1. The third-order valence-corrected chi connectivity index (χ3v) is 2.90. The van der Waals surface area contributed by atoms with E-state index in [1.807, 2.05) is 6.92 Å². The van der Waals surface area contributed by atoms with E-state index in [9.17, 15) is 0 Å². The topological polar surface area (TPSA) is 35.2 Å². The molecule has 78 valence electrons. The summed E-state index contributed by atoms with van der Waals surface area (Å²) >= 11 is 0. The maximum atomic E-state index is 5.97. The average Bonchev–Trinajstić information content (AvgIpc) is 2.16. The maximum absolute atomic E-state index is 5.97. The van der Waals surface area contributed by atoms with Crippen molar-refractivity contribution < 1.29 is 4.74 Å². The third-order valence-electron chi connectivity index (χ3n) is 2.90. The standard InChI is InChI=1S/C11H23NO/c1-2-13-9-11(12)8-10-6-4-3-5-7-10/h10-11H,2-9,12H2,1H3/t11-/m1/s1. The van der Waals surface area contributed by atoms with Crippen LogP contribution in [0.1, 0.15) is 45.4 Å². The summed E-state index contributed by atoms with van der Waals surface area (Å²) in [6.45, 7) is 3.55. The Labute approximate surface area is 81.8 Å². The molecule has 0 amide bonds. The lowest BCUT2D eigenvalue weighted by atomic mass is 9.85. The summed E-state index contributed by atoms with van der Waals surface area (Å²) in [4.78, 5) is 0. The molecule has 0 aromatic rings. The molecule has 1 fully saturated rings. The van der Waals surface area contributed by atoms with Crippen LogP contribution in [0.3, 0.4) is 0 Å². The summed E-state index contributed by atoms with van der Waals surface area (Å²) in [5.74, 6) is 0.879. The van der Waals surface area contributed by atoms with E-state index in [0.717, 1.165) is 19.1 Å². The first kappa shape index (κ1) is 11.0. The van der Waals surface area contributed by atoms with E-state index in [2.05, 4.69) is 0 Å². The molecule has 0 aromatic heterocycles. The Balaban J connectivity index is 2.07. The molecule has 0 radical (unpaired) electrons. The van der Waals surface area contributed by atoms with E-state index >= 15 is 0 Å². The lowest BCUT2D eigenvalue weighted by Gasteiger charge is -2.24. The van der Waals surface area contributed by atoms with Crippen LogP contribution < -0.4 is 5.73 Å². The van der Waals surface area contributed by atoms with Gasteiger partial charge in [-0.3, -0.25) is 0 Å². The van der Waals surface area contributed by atoms with Crippen LogP contribution in [0.2, 0.25) is 0 Å². The summed E-state index contributed by atoms with van der Waals surface area (Å²) in [6.07, 6.45) is 8.19. The van der Waals surface area contributed by atoms with Gasteiger partial charge in [0.1, 0.15) is 0 Å². The van der Waals surface area contributed by atoms with Gasteiger partial charge in [0.25, 0.3) is 0 Å². The van der Waals surface area contributed by atoms with Gasteiger partial charge in [0.05, 0.1) is 6.61 Å². The van der Waals surface area contributed by atoms with Crippen molar-refractivity contribution in [3.63, 3.8) is 0 Å². The minimum absolute atomic E-state index is 0.267. The normalized spacial score (nSPS) is 21.7. The van der Waals surface area contributed by atoms with Crippen molar-refractivity contribution in [3.05, 3.63) is 0 Å². The molecule has 0 bridgehead atoms. The van der Waals surface area contributed by atoms with E-state index in [-0.39, 0.29) is 6.04 Å². The van der Waals surface area contributed by atoms with Gasteiger partial charge in [-0.1, -0.05) is 32.1 Å². The van der Waals surface area contributed by atoms with Crippen LogP contribution in [0.25, 0.3) is 0 Å². The summed E-state index contributed by atoms with van der Waals surface area (Å²) in [5, 5.41) is 0. The summed E-state index contributed by atoms with van der Waals surface area (Å²) in [5.41, 5.74) is 5.97. The SMILES string of the molecule is CCOC[C@H](N)CC1CCCCC1. The first-order valence-electron chi connectivity index (χ1n) is 5.66. The van der Waals surface area contributed by atoms with Crippen molar-refractivity contribution in [2.24, 2.45) is 11.7 Å². The Morgan fingerprint density at radius 1 is 1.31 bits per heavy atom. The van der Waals surface area contributed by atoms with Crippen LogP contribution in [0.15, 0.2) is 0 Å². The highest BCUT2D eigenvalue weighted by Crippen LogP contribution is 2.26. The molecule has 2 N–H and O–H groups in total. The fourth-order valence-corrected chi connectivity index (χ4v) is 2.19. The fourth-order valence-electron chi connectivity index (χ4n) is 2.19. The molecule has 0 heterocycles. The first-order valence-corrected chi connectivity index (χ1v) is 5.66. The second-order valence-corrected chi connectivity index (χ2v) is 4.16. The Morgan fingerprint density at radius 3 is 2.62 bits per heavy atom. The van der Waals surface area contributed by atoms with E-state index < -0.39 is 0 Å². The molecule has 0 aromatic carbocycles. The molecule has 0 saturated heterocycles. The highest BCUT2D eigenvalue weighted by Gasteiger charge is 2.16. The van der Waals surface area contributed by atoms with Gasteiger partial charge in [0, 0.05) is 12.6 Å². The molecular weight excluding hydrogens is 162 g/mol. The monoisotopic (exact) mass is 185 g/mol. The molecule has 1 aliphatic rings. The predicted molar refractivity (Wildman–Crippen MR) is 55.7 cm³/mol. The Kier molecular flexibility index (Phi) is 5.40. The number of nitrogens with two attached hydrogens (primary N) is 1. The molecule has 1 atom stereocenters. The second kappa shape index (κ2) is 6.39. The second-order valence-electron chi connectivity index (χ2n) is 4.16. The van der Waals surface area contributed by atoms with Crippen LogP contribution in [0.4, 0.5) is 0 Å². The van der Waals surface area contributed by atoms with E-state index in [4.69, 9.17) is 10.5 Å². The van der Waals surface area contributed by atoms with E-state index in [1.54, 1.807) is 0 Å². The van der Waals surface area contributed by atoms with Crippen LogP contribution in [-0.4, -0.2) is 19.3 Å². The fraction of sp³-hybridized carbons (Fsp3) is 1.00. The number of hydrogen-bond acceptors (Lipinski definition) is 2. The quantitative estimate of drug-likeness (QED) is 0.713. The Morgan fingerprint density at radius 2 is 2.00 bits per heavy atom. The van der Waals surface area contributed by atoms with Crippen molar-refractivity contribution in [3.8, 4) is 0 Å². The van der Waals surface area contributed by atoms with Gasteiger partial charge in [-0.05, 0) is 19.3 Å². The van der Waals surface area contributed by atoms with Crippen molar-refractivity contribution >= 4 is 0 Å². The van der Waals surface area contributed by atoms with Gasteiger partial charge < -0.3 is 10.5 Å². The minimum atomic E-state index is 0.267. The first-order chi connectivity index (χ1) is 6.33. The van der Waals surface area contributed by atoms with Crippen LogP contribution >= 0.6 is 0 Å². The molecule has 0 unspecified atom stereocenters. The van der Waals surface area contributed by atoms with E-state index in [0.29, 0.717) is 0 Å². The zero-order valence-corrected chi connectivity index (χ0v) is 8.80. The van der Waals surface area contributed by atoms with Gasteiger partial charge in [-0.2, -0.15) is 0 Å². The van der Waals surface area contributed by atoms with Crippen LogP contribution in [0.5, 0.6) is 0 Å². The molecular formula is C11H23NO. The molecule has 2 nitrogen and oxygen atoms in total. The molecule has 1 rings (SSSR count). The molecule has 1 aliphatic carbocycles. The average molecular weight is 185 g/mol. The minimum Gasteiger partial charge on any atom is -0.380 e. The summed E-state index contributed by atoms with van der Waals surface area (Å²) in [7, 11) is 0. The van der Waals surface area contributed by atoms with Crippen molar-refractivity contribution in [1.82, 2.24) is 0 Å². The lowest BCUT2D eigenvalue weighted by Crippen LogP contribution is -2.29. The predicted octanol–water partition coefficient (Wildman–Crippen LogP) is 2.32. The van der Waals surface area contributed by atoms with Crippen LogP contribution in [0, 0.1) is 5.92 Å². The Hall–Kier alpha value is -0.0800. The lowest BCUT2D eigenvalue weighted by molar-refractivity contribution is 0.122. The number of ether oxygens (including phenoxy) is 1. The molecule has 2 heteroatoms. The smallest absolute Gasteiger partial charge is 0.0617 e. The maximum Gasteiger partial charge on any atom is 0.0617 e. The number of rotatable bonds is 5.